The predicted molar refractivity (Wildman–Crippen MR) is 62.9 cm³/mol. The molecule has 0 aliphatic carbocycles. The van der Waals surface area contributed by atoms with Crippen LogP contribution in [0, 0.1) is 0 Å². The lowest BCUT2D eigenvalue weighted by Gasteiger charge is -2.44. The molecule has 4 N–H and O–H groups in total. The van der Waals surface area contributed by atoms with Gasteiger partial charge in [-0.1, -0.05) is 0 Å². The standard InChI is InChI=1S/C11H23N3O2/c1-8-6-14(7-11(2,3)16-8)9(5-12)4-10(13)15/h8-9H,4-7,12H2,1-3H3,(H2,13,15). The van der Waals surface area contributed by atoms with Gasteiger partial charge in [-0.3, -0.25) is 9.69 Å². The number of morpholine rings is 1. The summed E-state index contributed by atoms with van der Waals surface area (Å²) in [5.74, 6) is -0.299. The van der Waals surface area contributed by atoms with Crippen molar-refractivity contribution in [2.45, 2.75) is 44.9 Å². The summed E-state index contributed by atoms with van der Waals surface area (Å²) in [7, 11) is 0. The number of hydrogen-bond donors (Lipinski definition) is 2. The molecule has 1 heterocycles. The van der Waals surface area contributed by atoms with Gasteiger partial charge in [-0.05, 0) is 20.8 Å². The van der Waals surface area contributed by atoms with Gasteiger partial charge >= 0.3 is 0 Å². The number of primary amides is 1. The monoisotopic (exact) mass is 229 g/mol. The minimum atomic E-state index is -0.299. The summed E-state index contributed by atoms with van der Waals surface area (Å²) in [6.45, 7) is 8.17. The lowest BCUT2D eigenvalue weighted by molar-refractivity contribution is -0.141. The van der Waals surface area contributed by atoms with Gasteiger partial charge in [0.2, 0.25) is 5.91 Å². The lowest BCUT2D eigenvalue weighted by atomic mass is 10.0. The Morgan fingerprint density at radius 2 is 2.25 bits per heavy atom. The molecule has 0 aromatic rings. The molecule has 2 atom stereocenters. The van der Waals surface area contributed by atoms with Crippen LogP contribution in [0.25, 0.3) is 0 Å². The summed E-state index contributed by atoms with van der Waals surface area (Å²) < 4.78 is 5.80. The number of hydrogen-bond acceptors (Lipinski definition) is 4. The molecular formula is C11H23N3O2. The fraction of sp³-hybridized carbons (Fsp3) is 0.909. The third kappa shape index (κ3) is 3.73. The lowest BCUT2D eigenvalue weighted by Crippen LogP contribution is -2.57. The SMILES string of the molecule is CC1CN(C(CN)CC(N)=O)CC(C)(C)O1. The summed E-state index contributed by atoms with van der Waals surface area (Å²) in [5.41, 5.74) is 10.7. The van der Waals surface area contributed by atoms with E-state index in [-0.39, 0.29) is 23.7 Å². The minimum Gasteiger partial charge on any atom is -0.370 e. The average Bonchev–Trinajstić information content (AvgIpc) is 2.10. The second kappa shape index (κ2) is 5.12. The molecule has 0 bridgehead atoms. The molecule has 1 rings (SSSR count). The van der Waals surface area contributed by atoms with Crippen LogP contribution >= 0.6 is 0 Å². The third-order valence-electron chi connectivity index (χ3n) is 2.82. The zero-order valence-corrected chi connectivity index (χ0v) is 10.4. The van der Waals surface area contributed by atoms with Crippen LogP contribution in [0.2, 0.25) is 0 Å². The molecule has 2 unspecified atom stereocenters. The highest BCUT2D eigenvalue weighted by Crippen LogP contribution is 2.22. The summed E-state index contributed by atoms with van der Waals surface area (Å²) in [6.07, 6.45) is 0.477. The molecule has 1 fully saturated rings. The van der Waals surface area contributed by atoms with E-state index in [0.717, 1.165) is 13.1 Å². The third-order valence-corrected chi connectivity index (χ3v) is 2.82. The van der Waals surface area contributed by atoms with E-state index in [0.29, 0.717) is 13.0 Å². The van der Waals surface area contributed by atoms with Gasteiger partial charge in [0.1, 0.15) is 0 Å². The highest BCUT2D eigenvalue weighted by atomic mass is 16.5. The second-order valence-electron chi connectivity index (χ2n) is 5.18. The first-order chi connectivity index (χ1) is 7.34. The van der Waals surface area contributed by atoms with Crippen molar-refractivity contribution in [3.63, 3.8) is 0 Å². The van der Waals surface area contributed by atoms with Crippen molar-refractivity contribution in [3.8, 4) is 0 Å². The zero-order valence-electron chi connectivity index (χ0n) is 10.4. The number of nitrogens with two attached hydrogens (primary N) is 2. The summed E-state index contributed by atoms with van der Waals surface area (Å²) in [5, 5.41) is 0. The van der Waals surface area contributed by atoms with E-state index in [1.807, 2.05) is 20.8 Å². The maximum absolute atomic E-state index is 11.0. The smallest absolute Gasteiger partial charge is 0.219 e. The van der Waals surface area contributed by atoms with Gasteiger partial charge in [0.05, 0.1) is 11.7 Å². The van der Waals surface area contributed by atoms with E-state index in [4.69, 9.17) is 16.2 Å². The predicted octanol–water partition coefficient (Wildman–Crippen LogP) is -0.312. The van der Waals surface area contributed by atoms with Crippen LogP contribution in [-0.2, 0) is 9.53 Å². The molecular weight excluding hydrogens is 206 g/mol. The quantitative estimate of drug-likeness (QED) is 0.693. The maximum atomic E-state index is 11.0. The molecule has 94 valence electrons. The Kier molecular flexibility index (Phi) is 4.29. The van der Waals surface area contributed by atoms with E-state index >= 15 is 0 Å². The van der Waals surface area contributed by atoms with Crippen LogP contribution in [0.4, 0.5) is 0 Å². The van der Waals surface area contributed by atoms with E-state index < -0.39 is 0 Å². The normalized spacial score (nSPS) is 27.6. The minimum absolute atomic E-state index is 0.0307. The van der Waals surface area contributed by atoms with Gasteiger partial charge < -0.3 is 16.2 Å². The summed E-state index contributed by atoms with van der Waals surface area (Å²) >= 11 is 0. The van der Waals surface area contributed by atoms with Crippen molar-refractivity contribution < 1.29 is 9.53 Å². The molecule has 0 saturated carbocycles. The first-order valence-electron chi connectivity index (χ1n) is 5.74. The van der Waals surface area contributed by atoms with Crippen LogP contribution in [0.5, 0.6) is 0 Å². The van der Waals surface area contributed by atoms with Crippen molar-refractivity contribution in [2.75, 3.05) is 19.6 Å². The van der Waals surface area contributed by atoms with Gasteiger partial charge in [-0.2, -0.15) is 0 Å². The van der Waals surface area contributed by atoms with Gasteiger partial charge in [0, 0.05) is 32.1 Å². The van der Waals surface area contributed by atoms with Crippen LogP contribution in [-0.4, -0.2) is 48.2 Å². The van der Waals surface area contributed by atoms with Crippen molar-refractivity contribution in [1.82, 2.24) is 4.90 Å². The van der Waals surface area contributed by atoms with E-state index in [2.05, 4.69) is 4.90 Å². The fourth-order valence-corrected chi connectivity index (χ4v) is 2.37. The van der Waals surface area contributed by atoms with Crippen molar-refractivity contribution in [1.29, 1.82) is 0 Å². The van der Waals surface area contributed by atoms with Crippen molar-refractivity contribution in [3.05, 3.63) is 0 Å². The van der Waals surface area contributed by atoms with Crippen LogP contribution in [0.1, 0.15) is 27.2 Å². The molecule has 0 radical (unpaired) electrons. The van der Waals surface area contributed by atoms with Gasteiger partial charge in [0.15, 0.2) is 0 Å². The summed E-state index contributed by atoms with van der Waals surface area (Å²) in [6, 6.07) is 0.0307. The number of rotatable bonds is 4. The number of amides is 1. The first-order valence-corrected chi connectivity index (χ1v) is 5.74. The molecule has 1 aliphatic rings. The van der Waals surface area contributed by atoms with Gasteiger partial charge in [-0.25, -0.2) is 0 Å². The molecule has 16 heavy (non-hydrogen) atoms. The molecule has 0 spiro atoms. The van der Waals surface area contributed by atoms with Crippen LogP contribution in [0.15, 0.2) is 0 Å². The van der Waals surface area contributed by atoms with E-state index in [9.17, 15) is 4.79 Å². The second-order valence-corrected chi connectivity index (χ2v) is 5.18. The maximum Gasteiger partial charge on any atom is 0.219 e. The van der Waals surface area contributed by atoms with Crippen molar-refractivity contribution in [2.24, 2.45) is 11.5 Å². The first kappa shape index (κ1) is 13.4. The number of carbonyl (C=O) groups is 1. The molecule has 1 amide bonds. The van der Waals surface area contributed by atoms with Gasteiger partial charge in [-0.15, -0.1) is 0 Å². The highest BCUT2D eigenvalue weighted by Gasteiger charge is 2.34. The Morgan fingerprint density at radius 1 is 1.62 bits per heavy atom. The zero-order chi connectivity index (χ0) is 12.3. The Labute approximate surface area is 97.1 Å². The Balaban J connectivity index is 2.66. The summed E-state index contributed by atoms with van der Waals surface area (Å²) in [4.78, 5) is 13.2. The highest BCUT2D eigenvalue weighted by molar-refractivity contribution is 5.74. The van der Waals surface area contributed by atoms with Gasteiger partial charge in [0.25, 0.3) is 0 Å². The molecule has 5 heteroatoms. The molecule has 1 aliphatic heterocycles. The molecule has 1 saturated heterocycles. The Bertz CT molecular complexity index is 256. The number of nitrogens with zero attached hydrogens (tertiary/aromatic N) is 1. The van der Waals surface area contributed by atoms with Crippen LogP contribution in [0.3, 0.4) is 0 Å². The largest absolute Gasteiger partial charge is 0.370 e. The molecule has 0 aromatic carbocycles. The number of carbonyl (C=O) groups excluding carboxylic acids is 1. The fourth-order valence-electron chi connectivity index (χ4n) is 2.37. The van der Waals surface area contributed by atoms with E-state index in [1.165, 1.54) is 0 Å². The molecule has 0 aromatic heterocycles. The Hall–Kier alpha value is -0.650. The van der Waals surface area contributed by atoms with Crippen molar-refractivity contribution >= 4 is 5.91 Å². The van der Waals surface area contributed by atoms with E-state index in [1.54, 1.807) is 0 Å². The average molecular weight is 229 g/mol. The van der Waals surface area contributed by atoms with Crippen LogP contribution < -0.4 is 11.5 Å². The topological polar surface area (TPSA) is 81.6 Å². The number of ether oxygens (including phenoxy) is 1. The molecule has 5 nitrogen and oxygen atoms in total. The Morgan fingerprint density at radius 3 is 2.69 bits per heavy atom.